The van der Waals surface area contributed by atoms with Crippen LogP contribution in [0.25, 0.3) is 0 Å². The van der Waals surface area contributed by atoms with Crippen LogP contribution in [0.2, 0.25) is 0 Å². The van der Waals surface area contributed by atoms with Crippen molar-refractivity contribution in [3.05, 3.63) is 33.9 Å². The molecule has 0 aliphatic heterocycles. The summed E-state index contributed by atoms with van der Waals surface area (Å²) in [6.45, 7) is 2.10. The van der Waals surface area contributed by atoms with Gasteiger partial charge in [-0.1, -0.05) is 6.92 Å². The van der Waals surface area contributed by atoms with Gasteiger partial charge < -0.3 is 5.32 Å². The predicted octanol–water partition coefficient (Wildman–Crippen LogP) is 4.21. The first-order valence-corrected chi connectivity index (χ1v) is 6.39. The lowest BCUT2D eigenvalue weighted by molar-refractivity contribution is -0.388. The zero-order chi connectivity index (χ0) is 14.9. The molecule has 1 aliphatic carbocycles. The number of benzene rings is 1. The molecular weight excluding hydrogens is 273 g/mol. The van der Waals surface area contributed by atoms with Gasteiger partial charge in [-0.15, -0.1) is 0 Å². The third-order valence-electron chi connectivity index (χ3n) is 3.56. The molecule has 0 bridgehead atoms. The summed E-state index contributed by atoms with van der Waals surface area (Å²) < 4.78 is 38.5. The van der Waals surface area contributed by atoms with Crippen LogP contribution >= 0.6 is 0 Å². The molecule has 0 radical (unpaired) electrons. The zero-order valence-corrected chi connectivity index (χ0v) is 10.9. The van der Waals surface area contributed by atoms with Crippen LogP contribution in [0.5, 0.6) is 0 Å². The van der Waals surface area contributed by atoms with Crippen molar-refractivity contribution in [1.82, 2.24) is 0 Å². The number of nitro groups is 1. The molecule has 1 fully saturated rings. The summed E-state index contributed by atoms with van der Waals surface area (Å²) in [6.07, 6.45) is -1.89. The number of nitrogens with zero attached hydrogens (tertiary/aromatic N) is 1. The first kappa shape index (κ1) is 14.6. The molecule has 0 amide bonds. The van der Waals surface area contributed by atoms with Crippen molar-refractivity contribution < 1.29 is 18.1 Å². The Labute approximate surface area is 114 Å². The van der Waals surface area contributed by atoms with E-state index in [1.165, 1.54) is 6.07 Å². The van der Waals surface area contributed by atoms with Crippen LogP contribution in [0, 0.1) is 16.0 Å². The van der Waals surface area contributed by atoms with Crippen LogP contribution < -0.4 is 5.32 Å². The van der Waals surface area contributed by atoms with E-state index in [1.54, 1.807) is 0 Å². The fourth-order valence-electron chi connectivity index (χ4n) is 2.59. The van der Waals surface area contributed by atoms with E-state index in [-0.39, 0.29) is 11.7 Å². The maximum absolute atomic E-state index is 12.8. The van der Waals surface area contributed by atoms with Crippen molar-refractivity contribution in [2.75, 3.05) is 5.32 Å². The highest BCUT2D eigenvalue weighted by molar-refractivity contribution is 5.55. The van der Waals surface area contributed by atoms with E-state index in [0.717, 1.165) is 31.4 Å². The monoisotopic (exact) mass is 288 g/mol. The normalized spacial score (nSPS) is 22.8. The maximum atomic E-state index is 12.8. The smallest absolute Gasteiger partial charge is 0.382 e. The molecule has 2 atom stereocenters. The summed E-state index contributed by atoms with van der Waals surface area (Å²) >= 11 is 0. The Bertz CT molecular complexity index is 517. The van der Waals surface area contributed by atoms with Gasteiger partial charge >= 0.3 is 6.18 Å². The molecule has 0 heterocycles. The highest BCUT2D eigenvalue weighted by Crippen LogP contribution is 2.38. The Morgan fingerprint density at radius 3 is 2.55 bits per heavy atom. The largest absolute Gasteiger partial charge is 0.423 e. The van der Waals surface area contributed by atoms with Crippen LogP contribution in [0.1, 0.15) is 31.7 Å². The summed E-state index contributed by atoms with van der Waals surface area (Å²) in [4.78, 5) is 9.64. The molecule has 0 saturated heterocycles. The molecule has 1 aliphatic rings. The Balaban J connectivity index is 2.25. The number of anilines is 1. The molecule has 0 aromatic heterocycles. The number of alkyl halides is 3. The second-order valence-corrected chi connectivity index (χ2v) is 5.25. The molecular formula is C13H15F3N2O2. The number of nitro benzene ring substituents is 1. The van der Waals surface area contributed by atoms with Crippen LogP contribution in [-0.2, 0) is 6.18 Å². The average Bonchev–Trinajstić information content (AvgIpc) is 2.73. The van der Waals surface area contributed by atoms with Crippen LogP contribution in [-0.4, -0.2) is 11.0 Å². The Morgan fingerprint density at radius 1 is 1.35 bits per heavy atom. The van der Waals surface area contributed by atoms with Gasteiger partial charge in [0.1, 0.15) is 5.56 Å². The Morgan fingerprint density at radius 2 is 2.05 bits per heavy atom. The molecule has 2 rings (SSSR count). The Hall–Kier alpha value is -1.79. The third kappa shape index (κ3) is 3.20. The van der Waals surface area contributed by atoms with E-state index < -0.39 is 22.4 Å². The van der Waals surface area contributed by atoms with Crippen molar-refractivity contribution in [3.63, 3.8) is 0 Å². The second kappa shape index (κ2) is 5.30. The standard InChI is InChI=1S/C13H15F3N2O2/c1-8-2-3-9(6-8)17-10-4-5-12(18(19)20)11(7-10)13(14,15)16/h4-5,7-9,17H,2-3,6H2,1H3. The van der Waals surface area contributed by atoms with E-state index in [4.69, 9.17) is 0 Å². The third-order valence-corrected chi connectivity index (χ3v) is 3.56. The molecule has 4 nitrogen and oxygen atoms in total. The fraction of sp³-hybridized carbons (Fsp3) is 0.538. The quantitative estimate of drug-likeness (QED) is 0.669. The minimum Gasteiger partial charge on any atom is -0.382 e. The minimum absolute atomic E-state index is 0.132. The lowest BCUT2D eigenvalue weighted by Crippen LogP contribution is -2.16. The van der Waals surface area contributed by atoms with Crippen LogP contribution in [0.4, 0.5) is 24.5 Å². The Kier molecular flexibility index (Phi) is 3.87. The molecule has 7 heteroatoms. The summed E-state index contributed by atoms with van der Waals surface area (Å²) in [5.41, 5.74) is -1.84. The summed E-state index contributed by atoms with van der Waals surface area (Å²) in [6, 6.07) is 3.19. The number of hydrogen-bond donors (Lipinski definition) is 1. The summed E-state index contributed by atoms with van der Waals surface area (Å²) in [7, 11) is 0. The van der Waals surface area contributed by atoms with Crippen LogP contribution in [0.15, 0.2) is 18.2 Å². The van der Waals surface area contributed by atoms with Gasteiger partial charge in [-0.2, -0.15) is 13.2 Å². The summed E-state index contributed by atoms with van der Waals surface area (Å²) in [5.74, 6) is 0.549. The molecule has 1 N–H and O–H groups in total. The highest BCUT2D eigenvalue weighted by atomic mass is 19.4. The van der Waals surface area contributed by atoms with Gasteiger partial charge in [0, 0.05) is 17.8 Å². The molecule has 1 aromatic carbocycles. The number of hydrogen-bond acceptors (Lipinski definition) is 3. The van der Waals surface area contributed by atoms with Crippen molar-refractivity contribution >= 4 is 11.4 Å². The SMILES string of the molecule is CC1CCC(Nc2ccc([N+](=O)[O-])c(C(F)(F)F)c2)C1. The fourth-order valence-corrected chi connectivity index (χ4v) is 2.59. The zero-order valence-electron chi connectivity index (χ0n) is 10.9. The molecule has 2 unspecified atom stereocenters. The lowest BCUT2D eigenvalue weighted by atomic mass is 10.1. The minimum atomic E-state index is -4.73. The van der Waals surface area contributed by atoms with Crippen molar-refractivity contribution in [1.29, 1.82) is 0 Å². The van der Waals surface area contributed by atoms with E-state index in [2.05, 4.69) is 12.2 Å². The topological polar surface area (TPSA) is 55.2 Å². The highest BCUT2D eigenvalue weighted by Gasteiger charge is 2.38. The van der Waals surface area contributed by atoms with Crippen LogP contribution in [0.3, 0.4) is 0 Å². The van der Waals surface area contributed by atoms with E-state index in [1.807, 2.05) is 0 Å². The average molecular weight is 288 g/mol. The second-order valence-electron chi connectivity index (χ2n) is 5.25. The van der Waals surface area contributed by atoms with Crippen molar-refractivity contribution in [2.24, 2.45) is 5.92 Å². The maximum Gasteiger partial charge on any atom is 0.423 e. The lowest BCUT2D eigenvalue weighted by Gasteiger charge is -2.15. The molecule has 110 valence electrons. The van der Waals surface area contributed by atoms with Gasteiger partial charge in [-0.05, 0) is 37.3 Å². The van der Waals surface area contributed by atoms with Gasteiger partial charge in [0.25, 0.3) is 5.69 Å². The first-order chi connectivity index (χ1) is 9.27. The number of rotatable bonds is 3. The van der Waals surface area contributed by atoms with E-state index >= 15 is 0 Å². The molecule has 1 saturated carbocycles. The predicted molar refractivity (Wildman–Crippen MR) is 68.5 cm³/mol. The van der Waals surface area contributed by atoms with Gasteiger partial charge in [0.15, 0.2) is 0 Å². The van der Waals surface area contributed by atoms with Gasteiger partial charge in [0.05, 0.1) is 4.92 Å². The van der Waals surface area contributed by atoms with Gasteiger partial charge in [0.2, 0.25) is 0 Å². The molecule has 0 spiro atoms. The van der Waals surface area contributed by atoms with E-state index in [0.29, 0.717) is 5.92 Å². The number of halogens is 3. The molecule has 1 aromatic rings. The van der Waals surface area contributed by atoms with E-state index in [9.17, 15) is 23.3 Å². The molecule has 20 heavy (non-hydrogen) atoms. The van der Waals surface area contributed by atoms with Gasteiger partial charge in [-0.3, -0.25) is 10.1 Å². The first-order valence-electron chi connectivity index (χ1n) is 6.39. The number of nitrogens with one attached hydrogen (secondary N) is 1. The van der Waals surface area contributed by atoms with Gasteiger partial charge in [-0.25, -0.2) is 0 Å². The summed E-state index contributed by atoms with van der Waals surface area (Å²) in [5, 5.41) is 13.7. The van der Waals surface area contributed by atoms with Crippen molar-refractivity contribution in [2.45, 2.75) is 38.4 Å². The van der Waals surface area contributed by atoms with Crippen molar-refractivity contribution in [3.8, 4) is 0 Å².